The van der Waals surface area contributed by atoms with Crippen LogP contribution in [0.4, 0.5) is 10.2 Å². The van der Waals surface area contributed by atoms with Gasteiger partial charge in [0, 0.05) is 6.54 Å². The lowest BCUT2D eigenvalue weighted by Crippen LogP contribution is -2.27. The number of rotatable bonds is 8. The number of nitrogens with two attached hydrogens (primary N) is 1. The Bertz CT molecular complexity index is 1010. The summed E-state index contributed by atoms with van der Waals surface area (Å²) in [5.74, 6) is 0.615. The van der Waals surface area contributed by atoms with Crippen LogP contribution in [-0.4, -0.2) is 41.7 Å². The van der Waals surface area contributed by atoms with Gasteiger partial charge in [0.25, 0.3) is 5.91 Å². The first-order valence-corrected chi connectivity index (χ1v) is 8.94. The predicted molar refractivity (Wildman–Crippen MR) is 106 cm³/mol. The summed E-state index contributed by atoms with van der Waals surface area (Å²) >= 11 is 0. The molecule has 0 radical (unpaired) electrons. The number of carbonyl (C=O) groups is 1. The Balaban J connectivity index is 1.59. The van der Waals surface area contributed by atoms with Gasteiger partial charge in [-0.15, -0.1) is 5.10 Å². The van der Waals surface area contributed by atoms with Crippen molar-refractivity contribution in [3.8, 4) is 11.5 Å². The molecule has 0 bridgehead atoms. The number of hydrogen-bond donors (Lipinski definition) is 2. The van der Waals surface area contributed by atoms with Gasteiger partial charge in [-0.2, -0.15) is 0 Å². The summed E-state index contributed by atoms with van der Waals surface area (Å²) in [4.78, 5) is 12.4. The standard InChI is InChI=1S/C20H22FN5O3/c1-28-16-7-6-13(11-17(16)29-2)8-9-23-20(27)18-19(22)26(25-24-18)12-14-4-3-5-15(21)10-14/h3-7,10-11H,8-9,12,22H2,1-2H3,(H,23,27). The molecule has 0 aliphatic rings. The molecule has 8 nitrogen and oxygen atoms in total. The van der Waals surface area contributed by atoms with Crippen LogP contribution >= 0.6 is 0 Å². The zero-order chi connectivity index (χ0) is 20.8. The minimum Gasteiger partial charge on any atom is -0.493 e. The summed E-state index contributed by atoms with van der Waals surface area (Å²) in [6.07, 6.45) is 0.587. The second kappa shape index (κ2) is 9.05. The van der Waals surface area contributed by atoms with E-state index in [0.29, 0.717) is 30.0 Å². The molecule has 1 aromatic heterocycles. The van der Waals surface area contributed by atoms with Crippen molar-refractivity contribution in [2.24, 2.45) is 0 Å². The van der Waals surface area contributed by atoms with Gasteiger partial charge >= 0.3 is 0 Å². The van der Waals surface area contributed by atoms with Gasteiger partial charge in [-0.25, -0.2) is 9.07 Å². The molecule has 1 heterocycles. The molecule has 152 valence electrons. The number of amides is 1. The Morgan fingerprint density at radius 3 is 2.66 bits per heavy atom. The summed E-state index contributed by atoms with van der Waals surface area (Å²) in [6.45, 7) is 0.597. The van der Waals surface area contributed by atoms with Crippen molar-refractivity contribution in [2.75, 3.05) is 26.5 Å². The molecule has 0 fully saturated rings. The number of carbonyl (C=O) groups excluding carboxylic acids is 1. The number of hydrogen-bond acceptors (Lipinski definition) is 6. The average Bonchev–Trinajstić information content (AvgIpc) is 3.08. The molecule has 0 spiro atoms. The summed E-state index contributed by atoms with van der Waals surface area (Å²) < 4.78 is 25.2. The molecular formula is C20H22FN5O3. The van der Waals surface area contributed by atoms with Crippen molar-refractivity contribution < 1.29 is 18.7 Å². The van der Waals surface area contributed by atoms with E-state index in [1.165, 1.54) is 16.8 Å². The highest BCUT2D eigenvalue weighted by atomic mass is 19.1. The van der Waals surface area contributed by atoms with Crippen molar-refractivity contribution in [3.05, 3.63) is 65.1 Å². The van der Waals surface area contributed by atoms with Crippen molar-refractivity contribution in [1.29, 1.82) is 0 Å². The zero-order valence-corrected chi connectivity index (χ0v) is 16.2. The van der Waals surface area contributed by atoms with Crippen molar-refractivity contribution >= 4 is 11.7 Å². The van der Waals surface area contributed by atoms with Crippen LogP contribution in [0.2, 0.25) is 0 Å². The number of anilines is 1. The SMILES string of the molecule is COc1ccc(CCNC(=O)c2nnn(Cc3cccc(F)c3)c2N)cc1OC. The summed E-state index contributed by atoms with van der Waals surface area (Å²) in [5.41, 5.74) is 7.68. The molecule has 0 atom stereocenters. The number of nitrogen functional groups attached to an aromatic ring is 1. The number of aromatic nitrogens is 3. The molecule has 3 N–H and O–H groups in total. The molecule has 3 aromatic rings. The lowest BCUT2D eigenvalue weighted by molar-refractivity contribution is 0.0950. The fraction of sp³-hybridized carbons (Fsp3) is 0.250. The van der Waals surface area contributed by atoms with Crippen LogP contribution in [0.25, 0.3) is 0 Å². The summed E-state index contributed by atoms with van der Waals surface area (Å²) in [7, 11) is 3.14. The van der Waals surface area contributed by atoms with Gasteiger partial charge in [0.1, 0.15) is 5.82 Å². The monoisotopic (exact) mass is 399 g/mol. The van der Waals surface area contributed by atoms with Crippen LogP contribution in [0, 0.1) is 5.82 Å². The topological polar surface area (TPSA) is 104 Å². The first-order valence-electron chi connectivity index (χ1n) is 8.94. The maximum Gasteiger partial charge on any atom is 0.275 e. The second-order valence-electron chi connectivity index (χ2n) is 6.31. The average molecular weight is 399 g/mol. The molecular weight excluding hydrogens is 377 g/mol. The molecule has 29 heavy (non-hydrogen) atoms. The van der Waals surface area contributed by atoms with Gasteiger partial charge < -0.3 is 20.5 Å². The highest BCUT2D eigenvalue weighted by molar-refractivity contribution is 5.96. The van der Waals surface area contributed by atoms with Crippen LogP contribution in [0.1, 0.15) is 21.6 Å². The van der Waals surface area contributed by atoms with Crippen LogP contribution in [-0.2, 0) is 13.0 Å². The maximum atomic E-state index is 13.3. The van der Waals surface area contributed by atoms with Crippen LogP contribution < -0.4 is 20.5 Å². The number of halogens is 1. The van der Waals surface area contributed by atoms with E-state index >= 15 is 0 Å². The van der Waals surface area contributed by atoms with E-state index < -0.39 is 5.91 Å². The Morgan fingerprint density at radius 2 is 1.93 bits per heavy atom. The van der Waals surface area contributed by atoms with Crippen LogP contribution in [0.5, 0.6) is 11.5 Å². The number of benzene rings is 2. The number of ether oxygens (including phenoxy) is 2. The first kappa shape index (κ1) is 20.1. The number of methoxy groups -OCH3 is 2. The molecule has 1 amide bonds. The third-order valence-corrected chi connectivity index (χ3v) is 4.36. The molecule has 0 aliphatic carbocycles. The smallest absolute Gasteiger partial charge is 0.275 e. The summed E-state index contributed by atoms with van der Waals surface area (Å²) in [5, 5.41) is 10.5. The van der Waals surface area contributed by atoms with Gasteiger partial charge in [-0.1, -0.05) is 23.4 Å². The molecule has 0 unspecified atom stereocenters. The third kappa shape index (κ3) is 4.81. The minimum atomic E-state index is -0.423. The Morgan fingerprint density at radius 1 is 1.14 bits per heavy atom. The van der Waals surface area contributed by atoms with E-state index in [-0.39, 0.29) is 23.9 Å². The van der Waals surface area contributed by atoms with Gasteiger partial charge in [-0.3, -0.25) is 4.79 Å². The first-order chi connectivity index (χ1) is 14.0. The largest absolute Gasteiger partial charge is 0.493 e. The van der Waals surface area contributed by atoms with E-state index in [9.17, 15) is 9.18 Å². The van der Waals surface area contributed by atoms with Gasteiger partial charge in [0.15, 0.2) is 23.0 Å². The molecule has 0 saturated carbocycles. The zero-order valence-electron chi connectivity index (χ0n) is 16.2. The van der Waals surface area contributed by atoms with Crippen molar-refractivity contribution in [1.82, 2.24) is 20.3 Å². The lowest BCUT2D eigenvalue weighted by Gasteiger charge is -2.10. The number of nitrogens with zero attached hydrogens (tertiary/aromatic N) is 3. The lowest BCUT2D eigenvalue weighted by atomic mass is 10.1. The Labute approximate surface area is 167 Å². The van der Waals surface area contributed by atoms with Gasteiger partial charge in [0.2, 0.25) is 0 Å². The molecule has 3 rings (SSSR count). The van der Waals surface area contributed by atoms with Gasteiger partial charge in [-0.05, 0) is 41.8 Å². The normalized spacial score (nSPS) is 10.6. The van der Waals surface area contributed by atoms with E-state index in [1.54, 1.807) is 26.4 Å². The highest BCUT2D eigenvalue weighted by Crippen LogP contribution is 2.27. The Kier molecular flexibility index (Phi) is 6.28. The number of nitrogens with one attached hydrogen (secondary N) is 1. The van der Waals surface area contributed by atoms with E-state index in [1.807, 2.05) is 18.2 Å². The van der Waals surface area contributed by atoms with Crippen LogP contribution in [0.3, 0.4) is 0 Å². The predicted octanol–water partition coefficient (Wildman–Crippen LogP) is 2.04. The van der Waals surface area contributed by atoms with E-state index in [2.05, 4.69) is 15.6 Å². The van der Waals surface area contributed by atoms with Crippen molar-refractivity contribution in [2.45, 2.75) is 13.0 Å². The molecule has 9 heteroatoms. The molecule has 2 aromatic carbocycles. The summed E-state index contributed by atoms with van der Waals surface area (Å²) in [6, 6.07) is 11.6. The molecule has 0 saturated heterocycles. The Hall–Kier alpha value is -3.62. The fourth-order valence-corrected chi connectivity index (χ4v) is 2.85. The third-order valence-electron chi connectivity index (χ3n) is 4.36. The molecule has 0 aliphatic heterocycles. The van der Waals surface area contributed by atoms with E-state index in [0.717, 1.165) is 5.56 Å². The van der Waals surface area contributed by atoms with E-state index in [4.69, 9.17) is 15.2 Å². The van der Waals surface area contributed by atoms with Crippen LogP contribution in [0.15, 0.2) is 42.5 Å². The highest BCUT2D eigenvalue weighted by Gasteiger charge is 2.17. The maximum absolute atomic E-state index is 13.3. The quantitative estimate of drug-likeness (QED) is 0.601. The van der Waals surface area contributed by atoms with Gasteiger partial charge in [0.05, 0.1) is 20.8 Å². The van der Waals surface area contributed by atoms with Crippen molar-refractivity contribution in [3.63, 3.8) is 0 Å². The fourth-order valence-electron chi connectivity index (χ4n) is 2.85. The minimum absolute atomic E-state index is 0.0358. The second-order valence-corrected chi connectivity index (χ2v) is 6.31.